The first-order valence-corrected chi connectivity index (χ1v) is 10.1. The van der Waals surface area contributed by atoms with Crippen LogP contribution < -0.4 is 10.1 Å². The molecule has 2 amide bonds. The molecule has 30 heavy (non-hydrogen) atoms. The maximum atomic E-state index is 12.5. The summed E-state index contributed by atoms with van der Waals surface area (Å²) in [5.41, 5.74) is 1.62. The molecule has 0 unspecified atom stereocenters. The van der Waals surface area contributed by atoms with Gasteiger partial charge >= 0.3 is 0 Å². The topological polar surface area (TPSA) is 80.8 Å². The van der Waals surface area contributed by atoms with E-state index in [1.807, 2.05) is 36.4 Å². The number of aromatic nitrogens is 1. The zero-order chi connectivity index (χ0) is 21.2. The molecule has 0 saturated carbocycles. The molecule has 0 aliphatic carbocycles. The molecular formula is C23H27N3O4. The van der Waals surface area contributed by atoms with Crippen LogP contribution in [0.2, 0.25) is 0 Å². The Bertz CT molecular complexity index is 845. The van der Waals surface area contributed by atoms with E-state index in [9.17, 15) is 9.59 Å². The van der Waals surface area contributed by atoms with Gasteiger partial charge in [-0.2, -0.15) is 0 Å². The third kappa shape index (κ3) is 6.42. The van der Waals surface area contributed by atoms with E-state index in [-0.39, 0.29) is 17.7 Å². The van der Waals surface area contributed by atoms with Crippen molar-refractivity contribution < 1.29 is 19.1 Å². The number of carbonyl (C=O) groups is 2. The molecule has 2 heterocycles. The molecule has 0 bridgehead atoms. The SMILES string of the molecule is COCCOc1ccc(NC(=O)C2CCN(C(=O)/C=C/c3ccccc3)CC2)cn1. The number of carbonyl (C=O) groups excluding carboxylic acids is 2. The number of amides is 2. The maximum Gasteiger partial charge on any atom is 0.246 e. The van der Waals surface area contributed by atoms with E-state index in [1.165, 1.54) is 0 Å². The molecule has 1 aromatic heterocycles. The quantitative estimate of drug-likeness (QED) is 0.536. The van der Waals surface area contributed by atoms with Crippen molar-refractivity contribution in [3.63, 3.8) is 0 Å². The van der Waals surface area contributed by atoms with Crippen molar-refractivity contribution in [1.82, 2.24) is 9.88 Å². The van der Waals surface area contributed by atoms with Crippen LogP contribution >= 0.6 is 0 Å². The van der Waals surface area contributed by atoms with E-state index in [1.54, 1.807) is 36.4 Å². The summed E-state index contributed by atoms with van der Waals surface area (Å²) in [5, 5.41) is 2.90. The van der Waals surface area contributed by atoms with Crippen LogP contribution in [0.1, 0.15) is 18.4 Å². The Balaban J connectivity index is 1.43. The van der Waals surface area contributed by atoms with Crippen LogP contribution in [0.25, 0.3) is 6.08 Å². The second kappa shape index (κ2) is 11.1. The largest absolute Gasteiger partial charge is 0.475 e. The number of benzene rings is 1. The fourth-order valence-corrected chi connectivity index (χ4v) is 3.21. The highest BCUT2D eigenvalue weighted by atomic mass is 16.5. The second-order valence-electron chi connectivity index (χ2n) is 7.06. The molecule has 158 valence electrons. The van der Waals surface area contributed by atoms with E-state index in [0.717, 1.165) is 5.56 Å². The summed E-state index contributed by atoms with van der Waals surface area (Å²) in [6.45, 7) is 2.05. The molecule has 1 N–H and O–H groups in total. The minimum Gasteiger partial charge on any atom is -0.475 e. The summed E-state index contributed by atoms with van der Waals surface area (Å²) >= 11 is 0. The lowest BCUT2D eigenvalue weighted by Crippen LogP contribution is -2.40. The smallest absolute Gasteiger partial charge is 0.246 e. The monoisotopic (exact) mass is 409 g/mol. The van der Waals surface area contributed by atoms with Crippen LogP contribution in [0, 0.1) is 5.92 Å². The van der Waals surface area contributed by atoms with Crippen molar-refractivity contribution in [3.05, 3.63) is 60.3 Å². The first-order chi connectivity index (χ1) is 14.7. The third-order valence-electron chi connectivity index (χ3n) is 4.94. The van der Waals surface area contributed by atoms with Crippen molar-refractivity contribution in [2.24, 2.45) is 5.92 Å². The Morgan fingerprint density at radius 1 is 1.13 bits per heavy atom. The van der Waals surface area contributed by atoms with Crippen LogP contribution in [-0.4, -0.2) is 55.1 Å². The maximum absolute atomic E-state index is 12.5. The van der Waals surface area contributed by atoms with E-state index in [4.69, 9.17) is 9.47 Å². The number of methoxy groups -OCH3 is 1. The number of piperidine rings is 1. The molecule has 1 aliphatic heterocycles. The average Bonchev–Trinajstić information content (AvgIpc) is 2.79. The number of hydrogen-bond donors (Lipinski definition) is 1. The molecule has 0 radical (unpaired) electrons. The minimum absolute atomic E-state index is 0.0222. The Morgan fingerprint density at radius 2 is 1.90 bits per heavy atom. The van der Waals surface area contributed by atoms with E-state index < -0.39 is 0 Å². The Labute approximate surface area is 176 Å². The first kappa shape index (κ1) is 21.5. The fraction of sp³-hybridized carbons (Fsp3) is 0.348. The summed E-state index contributed by atoms with van der Waals surface area (Å²) in [6.07, 6.45) is 6.27. The number of pyridine rings is 1. The second-order valence-corrected chi connectivity index (χ2v) is 7.06. The van der Waals surface area contributed by atoms with Gasteiger partial charge in [0.05, 0.1) is 18.5 Å². The highest BCUT2D eigenvalue weighted by molar-refractivity contribution is 5.94. The lowest BCUT2D eigenvalue weighted by molar-refractivity contribution is -0.130. The standard InChI is InChI=1S/C23H27N3O4/c1-29-15-16-30-21-9-8-20(17-24-21)25-23(28)19-11-13-26(14-12-19)22(27)10-7-18-5-3-2-4-6-18/h2-10,17,19H,11-16H2,1H3,(H,25,28)/b10-7+. The molecule has 3 rings (SSSR count). The molecule has 7 heteroatoms. The summed E-state index contributed by atoms with van der Waals surface area (Å²) in [7, 11) is 1.61. The van der Waals surface area contributed by atoms with Crippen LogP contribution in [0.15, 0.2) is 54.7 Å². The summed E-state index contributed by atoms with van der Waals surface area (Å²) < 4.78 is 10.3. The third-order valence-corrected chi connectivity index (χ3v) is 4.94. The number of rotatable bonds is 8. The lowest BCUT2D eigenvalue weighted by Gasteiger charge is -2.30. The van der Waals surface area contributed by atoms with Crippen molar-refractivity contribution in [2.45, 2.75) is 12.8 Å². The molecule has 0 spiro atoms. The number of anilines is 1. The molecule has 7 nitrogen and oxygen atoms in total. The predicted octanol–water partition coefficient (Wildman–Crippen LogP) is 3.00. The van der Waals surface area contributed by atoms with Gasteiger partial charge in [0.25, 0.3) is 0 Å². The molecule has 1 aromatic carbocycles. The van der Waals surface area contributed by atoms with Gasteiger partial charge in [0.1, 0.15) is 6.61 Å². The van der Waals surface area contributed by atoms with Crippen LogP contribution in [-0.2, 0) is 14.3 Å². The average molecular weight is 409 g/mol. The zero-order valence-corrected chi connectivity index (χ0v) is 17.1. The number of likely N-dealkylation sites (tertiary alicyclic amines) is 1. The van der Waals surface area contributed by atoms with Gasteiger partial charge in [0.2, 0.25) is 17.7 Å². The minimum atomic E-state index is -0.121. The van der Waals surface area contributed by atoms with Gasteiger partial charge in [-0.15, -0.1) is 0 Å². The Morgan fingerprint density at radius 3 is 2.57 bits per heavy atom. The summed E-state index contributed by atoms with van der Waals surface area (Å²) in [6, 6.07) is 13.2. The van der Waals surface area contributed by atoms with Gasteiger partial charge in [-0.1, -0.05) is 30.3 Å². The summed E-state index contributed by atoms with van der Waals surface area (Å²) in [4.78, 5) is 30.9. The molecule has 1 aliphatic rings. The molecule has 2 aromatic rings. The fourth-order valence-electron chi connectivity index (χ4n) is 3.21. The van der Waals surface area contributed by atoms with Crippen molar-refractivity contribution in [2.75, 3.05) is 38.7 Å². The van der Waals surface area contributed by atoms with E-state index >= 15 is 0 Å². The Kier molecular flexibility index (Phi) is 7.97. The number of nitrogens with zero attached hydrogens (tertiary/aromatic N) is 2. The van der Waals surface area contributed by atoms with E-state index in [2.05, 4.69) is 10.3 Å². The Hall–Kier alpha value is -3.19. The summed E-state index contributed by atoms with van der Waals surface area (Å²) in [5.74, 6) is 0.299. The predicted molar refractivity (Wildman–Crippen MR) is 115 cm³/mol. The van der Waals surface area contributed by atoms with Gasteiger partial charge < -0.3 is 19.7 Å². The number of nitrogens with one attached hydrogen (secondary N) is 1. The molecule has 1 fully saturated rings. The normalized spacial score (nSPS) is 14.6. The van der Waals surface area contributed by atoms with Gasteiger partial charge in [0.15, 0.2) is 0 Å². The molecule has 0 atom stereocenters. The van der Waals surface area contributed by atoms with Crippen LogP contribution in [0.5, 0.6) is 5.88 Å². The number of hydrogen-bond acceptors (Lipinski definition) is 5. The van der Waals surface area contributed by atoms with Gasteiger partial charge in [-0.3, -0.25) is 9.59 Å². The zero-order valence-electron chi connectivity index (χ0n) is 17.1. The van der Waals surface area contributed by atoms with Crippen LogP contribution in [0.3, 0.4) is 0 Å². The highest BCUT2D eigenvalue weighted by Crippen LogP contribution is 2.20. The van der Waals surface area contributed by atoms with Gasteiger partial charge in [-0.05, 0) is 30.5 Å². The first-order valence-electron chi connectivity index (χ1n) is 10.1. The van der Waals surface area contributed by atoms with Crippen molar-refractivity contribution >= 4 is 23.6 Å². The molecule has 1 saturated heterocycles. The molecular weight excluding hydrogens is 382 g/mol. The number of ether oxygens (including phenoxy) is 2. The van der Waals surface area contributed by atoms with Gasteiger partial charge in [0, 0.05) is 38.3 Å². The van der Waals surface area contributed by atoms with E-state index in [0.29, 0.717) is 50.7 Å². The van der Waals surface area contributed by atoms with Crippen LogP contribution in [0.4, 0.5) is 5.69 Å². The van der Waals surface area contributed by atoms with Gasteiger partial charge in [-0.25, -0.2) is 4.98 Å². The van der Waals surface area contributed by atoms with Crippen molar-refractivity contribution in [3.8, 4) is 5.88 Å². The lowest BCUT2D eigenvalue weighted by atomic mass is 9.95. The highest BCUT2D eigenvalue weighted by Gasteiger charge is 2.26. The van der Waals surface area contributed by atoms with Crippen molar-refractivity contribution in [1.29, 1.82) is 0 Å².